The van der Waals surface area contributed by atoms with Crippen LogP contribution in [0.3, 0.4) is 0 Å². The fourth-order valence-electron chi connectivity index (χ4n) is 2.83. The Bertz CT molecular complexity index is 394. The smallest absolute Gasteiger partial charge is 0.309 e. The molecule has 2 amide bonds. The number of carbonyl (C=O) groups excluding carboxylic acids is 2. The number of likely N-dealkylation sites (N-methyl/N-ethyl adjacent to an activating group) is 1. The molecule has 2 N–H and O–H groups in total. The third-order valence-electron chi connectivity index (χ3n) is 4.07. The van der Waals surface area contributed by atoms with Crippen molar-refractivity contribution >= 4 is 11.8 Å². The third kappa shape index (κ3) is 4.93. The minimum atomic E-state index is -0.619. The molecule has 0 aromatic heterocycles. The van der Waals surface area contributed by atoms with Gasteiger partial charge in [-0.2, -0.15) is 0 Å². The highest BCUT2D eigenvalue weighted by Gasteiger charge is 2.42. The van der Waals surface area contributed by atoms with Crippen LogP contribution in [0.5, 0.6) is 0 Å². The fourth-order valence-corrected chi connectivity index (χ4v) is 2.83. The first-order valence-electron chi connectivity index (χ1n) is 8.03. The van der Waals surface area contributed by atoms with Crippen LogP contribution < -0.4 is 10.6 Å². The van der Waals surface area contributed by atoms with E-state index in [2.05, 4.69) is 10.6 Å². The molecule has 1 aliphatic carbocycles. The maximum absolute atomic E-state index is 11.7. The van der Waals surface area contributed by atoms with Gasteiger partial charge in [0.1, 0.15) is 6.10 Å². The van der Waals surface area contributed by atoms with Crippen LogP contribution in [0.15, 0.2) is 0 Å². The fraction of sp³-hybridized carbons (Fsp3) is 0.867. The molecule has 0 aromatic rings. The summed E-state index contributed by atoms with van der Waals surface area (Å²) in [4.78, 5) is 25.3. The molecule has 1 saturated carbocycles. The van der Waals surface area contributed by atoms with Crippen molar-refractivity contribution in [3.05, 3.63) is 0 Å². The molecule has 22 heavy (non-hydrogen) atoms. The largest absolute Gasteiger partial charge is 0.347 e. The van der Waals surface area contributed by atoms with Crippen molar-refractivity contribution in [2.75, 3.05) is 40.3 Å². The van der Waals surface area contributed by atoms with Crippen molar-refractivity contribution < 1.29 is 19.1 Å². The van der Waals surface area contributed by atoms with Crippen LogP contribution in [-0.4, -0.2) is 68.9 Å². The molecular formula is C15H27N3O4. The van der Waals surface area contributed by atoms with E-state index < -0.39 is 17.6 Å². The Labute approximate surface area is 131 Å². The molecule has 0 bridgehead atoms. The predicted molar refractivity (Wildman–Crippen MR) is 81.2 cm³/mol. The number of carbonyl (C=O) groups is 2. The van der Waals surface area contributed by atoms with Crippen molar-refractivity contribution in [1.29, 1.82) is 0 Å². The number of ether oxygens (including phenoxy) is 2. The number of nitrogens with zero attached hydrogens (tertiary/aromatic N) is 1. The van der Waals surface area contributed by atoms with E-state index in [1.807, 2.05) is 19.0 Å². The zero-order valence-electron chi connectivity index (χ0n) is 13.5. The highest BCUT2D eigenvalue weighted by molar-refractivity contribution is 6.35. The first kappa shape index (κ1) is 17.2. The zero-order chi connectivity index (χ0) is 16.0. The maximum atomic E-state index is 11.7. The predicted octanol–water partition coefficient (Wildman–Crippen LogP) is -0.144. The van der Waals surface area contributed by atoms with Gasteiger partial charge >= 0.3 is 11.8 Å². The standard InChI is InChI=1S/C15H27N3O4/c1-18(2)9-8-16-13(19)14(20)17-10-12-11-21-15(22-12)6-4-3-5-7-15/h12H,3-11H2,1-2H3,(H,16,19)(H,17,20). The lowest BCUT2D eigenvalue weighted by molar-refractivity contribution is -0.186. The second kappa shape index (κ2) is 7.89. The van der Waals surface area contributed by atoms with Gasteiger partial charge in [-0.3, -0.25) is 9.59 Å². The van der Waals surface area contributed by atoms with Gasteiger partial charge in [-0.15, -0.1) is 0 Å². The summed E-state index contributed by atoms with van der Waals surface area (Å²) in [6, 6.07) is 0. The van der Waals surface area contributed by atoms with Gasteiger partial charge < -0.3 is 25.0 Å². The Morgan fingerprint density at radius 1 is 1.14 bits per heavy atom. The molecule has 126 valence electrons. The summed E-state index contributed by atoms with van der Waals surface area (Å²) in [6.45, 7) is 1.93. The molecule has 0 aromatic carbocycles. The molecule has 1 heterocycles. The minimum Gasteiger partial charge on any atom is -0.347 e. The Morgan fingerprint density at radius 2 is 1.82 bits per heavy atom. The summed E-state index contributed by atoms with van der Waals surface area (Å²) in [5.74, 6) is -1.66. The second-order valence-corrected chi connectivity index (χ2v) is 6.29. The normalized spacial score (nSPS) is 23.7. The Morgan fingerprint density at radius 3 is 2.50 bits per heavy atom. The third-order valence-corrected chi connectivity index (χ3v) is 4.07. The average molecular weight is 313 g/mol. The molecule has 2 aliphatic rings. The van der Waals surface area contributed by atoms with Gasteiger partial charge in [0, 0.05) is 32.5 Å². The van der Waals surface area contributed by atoms with Crippen molar-refractivity contribution in [2.24, 2.45) is 0 Å². The van der Waals surface area contributed by atoms with Gasteiger partial charge in [0.25, 0.3) is 0 Å². The van der Waals surface area contributed by atoms with Crippen molar-refractivity contribution in [2.45, 2.75) is 44.0 Å². The molecule has 1 unspecified atom stereocenters. The van der Waals surface area contributed by atoms with Crippen LogP contribution in [0.25, 0.3) is 0 Å². The Kier molecular flexibility index (Phi) is 6.16. The quantitative estimate of drug-likeness (QED) is 0.691. The molecule has 1 spiro atoms. The SMILES string of the molecule is CN(C)CCNC(=O)C(=O)NCC1COC2(CCCCC2)O1. The molecule has 2 fully saturated rings. The molecule has 7 heteroatoms. The molecule has 2 rings (SSSR count). The van der Waals surface area contributed by atoms with Crippen LogP contribution in [0.2, 0.25) is 0 Å². The molecule has 1 saturated heterocycles. The van der Waals surface area contributed by atoms with E-state index in [1.54, 1.807) is 0 Å². The zero-order valence-corrected chi connectivity index (χ0v) is 13.5. The summed E-state index contributed by atoms with van der Waals surface area (Å²) in [5, 5.41) is 5.20. The van der Waals surface area contributed by atoms with Gasteiger partial charge in [-0.05, 0) is 26.9 Å². The van der Waals surface area contributed by atoms with Crippen molar-refractivity contribution in [3.63, 3.8) is 0 Å². The number of hydrogen-bond acceptors (Lipinski definition) is 5. The Hall–Kier alpha value is -1.18. The number of nitrogens with one attached hydrogen (secondary N) is 2. The van der Waals surface area contributed by atoms with Crippen LogP contribution in [0.1, 0.15) is 32.1 Å². The van der Waals surface area contributed by atoms with E-state index in [0.29, 0.717) is 26.2 Å². The molecule has 1 aliphatic heterocycles. The highest BCUT2D eigenvalue weighted by Crippen LogP contribution is 2.37. The topological polar surface area (TPSA) is 79.9 Å². The van der Waals surface area contributed by atoms with Gasteiger partial charge in [0.15, 0.2) is 5.79 Å². The molecule has 0 radical (unpaired) electrons. The van der Waals surface area contributed by atoms with E-state index in [0.717, 1.165) is 25.7 Å². The van der Waals surface area contributed by atoms with Gasteiger partial charge in [0.2, 0.25) is 0 Å². The number of hydrogen-bond donors (Lipinski definition) is 2. The number of rotatable bonds is 5. The Balaban J connectivity index is 1.65. The maximum Gasteiger partial charge on any atom is 0.309 e. The van der Waals surface area contributed by atoms with Gasteiger partial charge in [-0.1, -0.05) is 6.42 Å². The van der Waals surface area contributed by atoms with E-state index in [-0.39, 0.29) is 6.10 Å². The molecule has 1 atom stereocenters. The monoisotopic (exact) mass is 313 g/mol. The molecular weight excluding hydrogens is 286 g/mol. The van der Waals surface area contributed by atoms with Gasteiger partial charge in [0.05, 0.1) is 6.61 Å². The average Bonchev–Trinajstić information content (AvgIpc) is 2.87. The molecule has 7 nitrogen and oxygen atoms in total. The summed E-state index contributed by atoms with van der Waals surface area (Å²) in [7, 11) is 3.81. The van der Waals surface area contributed by atoms with Crippen LogP contribution in [0, 0.1) is 0 Å². The summed E-state index contributed by atoms with van der Waals surface area (Å²) >= 11 is 0. The first-order valence-corrected chi connectivity index (χ1v) is 8.03. The lowest BCUT2D eigenvalue weighted by atomic mass is 9.94. The van der Waals surface area contributed by atoms with Crippen LogP contribution >= 0.6 is 0 Å². The summed E-state index contributed by atoms with van der Waals surface area (Å²) in [6.07, 6.45) is 5.13. The summed E-state index contributed by atoms with van der Waals surface area (Å²) in [5.41, 5.74) is 0. The second-order valence-electron chi connectivity index (χ2n) is 6.29. The van der Waals surface area contributed by atoms with E-state index in [4.69, 9.17) is 9.47 Å². The van der Waals surface area contributed by atoms with Crippen molar-refractivity contribution in [3.8, 4) is 0 Å². The minimum absolute atomic E-state index is 0.170. The van der Waals surface area contributed by atoms with Crippen LogP contribution in [-0.2, 0) is 19.1 Å². The van der Waals surface area contributed by atoms with E-state index in [1.165, 1.54) is 6.42 Å². The van der Waals surface area contributed by atoms with Gasteiger partial charge in [-0.25, -0.2) is 0 Å². The van der Waals surface area contributed by atoms with E-state index >= 15 is 0 Å². The summed E-state index contributed by atoms with van der Waals surface area (Å²) < 4.78 is 11.8. The number of amides is 2. The lowest BCUT2D eigenvalue weighted by Gasteiger charge is -2.31. The van der Waals surface area contributed by atoms with Crippen molar-refractivity contribution in [1.82, 2.24) is 15.5 Å². The lowest BCUT2D eigenvalue weighted by Crippen LogP contribution is -2.45. The van der Waals surface area contributed by atoms with E-state index in [9.17, 15) is 9.59 Å². The first-order chi connectivity index (χ1) is 10.5. The van der Waals surface area contributed by atoms with Crippen LogP contribution in [0.4, 0.5) is 0 Å². The highest BCUT2D eigenvalue weighted by atomic mass is 16.7.